The van der Waals surface area contributed by atoms with Crippen LogP contribution in [0.15, 0.2) is 30.3 Å². The number of piperidine rings is 1. The van der Waals surface area contributed by atoms with Gasteiger partial charge in [-0.3, -0.25) is 0 Å². The van der Waals surface area contributed by atoms with Crippen molar-refractivity contribution in [3.05, 3.63) is 41.7 Å². The Labute approximate surface area is 223 Å². The highest BCUT2D eigenvalue weighted by atomic mass is 32.1. The minimum Gasteiger partial charge on any atom is -0.381 e. The van der Waals surface area contributed by atoms with Gasteiger partial charge in [0.25, 0.3) is 0 Å². The van der Waals surface area contributed by atoms with E-state index >= 15 is 0 Å². The van der Waals surface area contributed by atoms with Gasteiger partial charge in [-0.15, -0.1) is 0 Å². The van der Waals surface area contributed by atoms with Crippen molar-refractivity contribution < 1.29 is 13.9 Å². The first kappa shape index (κ1) is 26.1. The Morgan fingerprint density at radius 2 is 1.70 bits per heavy atom. The third kappa shape index (κ3) is 6.48. The zero-order valence-corrected chi connectivity index (χ0v) is 22.4. The van der Waals surface area contributed by atoms with E-state index in [0.29, 0.717) is 50.0 Å². The molecule has 2 aromatic rings. The predicted molar refractivity (Wildman–Crippen MR) is 148 cm³/mol. The number of nitrogens with one attached hydrogen (secondary N) is 2. The average Bonchev–Trinajstić information content (AvgIpc) is 2.93. The van der Waals surface area contributed by atoms with Gasteiger partial charge in [0, 0.05) is 57.4 Å². The number of hydrogen-bond donors (Lipinski definition) is 2. The van der Waals surface area contributed by atoms with E-state index in [4.69, 9.17) is 31.7 Å². The summed E-state index contributed by atoms with van der Waals surface area (Å²) < 4.78 is 24.8. The number of nitrogens with zero attached hydrogens (tertiary/aromatic N) is 4. The maximum Gasteiger partial charge on any atom is 0.232 e. The van der Waals surface area contributed by atoms with Crippen LogP contribution in [0.25, 0.3) is 0 Å². The molecule has 1 atom stereocenters. The number of anilines is 3. The maximum absolute atomic E-state index is 13.6. The van der Waals surface area contributed by atoms with E-state index in [-0.39, 0.29) is 11.2 Å². The number of hydrogen-bond acceptors (Lipinski definition) is 7. The fraction of sp³-hybridized carbons (Fsp3) is 0.593. The molecule has 200 valence electrons. The summed E-state index contributed by atoms with van der Waals surface area (Å²) >= 11 is 5.70. The molecule has 0 saturated carbocycles. The minimum atomic E-state index is -0.229. The van der Waals surface area contributed by atoms with Crippen molar-refractivity contribution in [2.75, 3.05) is 74.3 Å². The van der Waals surface area contributed by atoms with Gasteiger partial charge in [-0.2, -0.15) is 9.97 Å². The molecular weight excluding hydrogens is 491 g/mol. The highest BCUT2D eigenvalue weighted by Crippen LogP contribution is 2.34. The second-order valence-corrected chi connectivity index (χ2v) is 10.8. The molecule has 1 unspecified atom stereocenters. The summed E-state index contributed by atoms with van der Waals surface area (Å²) in [6.07, 6.45) is 4.09. The Morgan fingerprint density at radius 1 is 1.03 bits per heavy atom. The molecule has 37 heavy (non-hydrogen) atoms. The number of benzene rings is 1. The maximum atomic E-state index is 13.6. The normalized spacial score (nSPS) is 21.9. The summed E-state index contributed by atoms with van der Waals surface area (Å²) in [4.78, 5) is 14.3. The lowest BCUT2D eigenvalue weighted by molar-refractivity contribution is 0.0515. The van der Waals surface area contributed by atoms with Gasteiger partial charge in [0.15, 0.2) is 5.11 Å². The number of halogens is 1. The first-order valence-electron chi connectivity index (χ1n) is 13.4. The van der Waals surface area contributed by atoms with Gasteiger partial charge in [-0.1, -0.05) is 19.1 Å². The Balaban J connectivity index is 1.32. The van der Waals surface area contributed by atoms with Crippen molar-refractivity contribution in [2.24, 2.45) is 5.92 Å². The van der Waals surface area contributed by atoms with Crippen LogP contribution in [0.1, 0.15) is 38.2 Å². The van der Waals surface area contributed by atoms with Crippen LogP contribution in [0.2, 0.25) is 0 Å². The molecule has 10 heteroatoms. The van der Waals surface area contributed by atoms with Crippen molar-refractivity contribution in [2.45, 2.75) is 38.0 Å². The van der Waals surface area contributed by atoms with Gasteiger partial charge in [0.05, 0.1) is 13.2 Å². The number of aromatic nitrogens is 2. The average molecular weight is 529 g/mol. The lowest BCUT2D eigenvalue weighted by atomic mass is 9.74. The molecule has 0 bridgehead atoms. The first-order valence-corrected chi connectivity index (χ1v) is 13.8. The molecular formula is C27H37FN6O2S. The second kappa shape index (κ2) is 11.9. The van der Waals surface area contributed by atoms with Crippen LogP contribution in [0.5, 0.6) is 0 Å². The summed E-state index contributed by atoms with van der Waals surface area (Å²) in [5.74, 6) is 2.73. The number of ether oxygens (including phenoxy) is 2. The van der Waals surface area contributed by atoms with Crippen LogP contribution < -0.4 is 20.4 Å². The van der Waals surface area contributed by atoms with Gasteiger partial charge in [-0.05, 0) is 61.5 Å². The molecule has 5 rings (SSSR count). The molecule has 3 saturated heterocycles. The van der Waals surface area contributed by atoms with Crippen LogP contribution in [-0.4, -0.2) is 74.2 Å². The standard InChI is InChI=1S/C27H37FN6O2S/c1-20-3-2-10-34(18-20)24-17-23(33-11-15-36-16-12-33)30-25(31-24)32-26(37)29-19-27(8-13-35-14-9-27)21-4-6-22(28)7-5-21/h4-7,17,20H,2-3,8-16,18-19H2,1H3,(H2,29,30,31,32,37). The topological polar surface area (TPSA) is 74.8 Å². The van der Waals surface area contributed by atoms with Crippen LogP contribution in [-0.2, 0) is 14.9 Å². The third-order valence-electron chi connectivity index (χ3n) is 7.73. The molecule has 4 heterocycles. The summed E-state index contributed by atoms with van der Waals surface area (Å²) in [6, 6.07) is 8.89. The van der Waals surface area contributed by atoms with Crippen molar-refractivity contribution in [3.8, 4) is 0 Å². The summed E-state index contributed by atoms with van der Waals surface area (Å²) in [5.41, 5.74) is 0.920. The largest absolute Gasteiger partial charge is 0.381 e. The highest BCUT2D eigenvalue weighted by Gasteiger charge is 2.34. The molecule has 3 aliphatic heterocycles. The van der Waals surface area contributed by atoms with Gasteiger partial charge < -0.3 is 29.9 Å². The van der Waals surface area contributed by atoms with E-state index in [1.807, 2.05) is 12.1 Å². The molecule has 0 radical (unpaired) electrons. The SMILES string of the molecule is CC1CCCN(c2cc(N3CCOCC3)nc(NC(=S)NCC3(c4ccc(F)cc4)CCOCC3)n2)C1. The van der Waals surface area contributed by atoms with Gasteiger partial charge >= 0.3 is 0 Å². The second-order valence-electron chi connectivity index (χ2n) is 10.4. The van der Waals surface area contributed by atoms with Crippen molar-refractivity contribution in [3.63, 3.8) is 0 Å². The third-order valence-corrected chi connectivity index (χ3v) is 7.98. The zero-order chi connectivity index (χ0) is 25.7. The predicted octanol–water partition coefficient (Wildman–Crippen LogP) is 3.72. The Hall–Kier alpha value is -2.56. The summed E-state index contributed by atoms with van der Waals surface area (Å²) in [7, 11) is 0. The first-order chi connectivity index (χ1) is 18.0. The molecule has 3 fully saturated rings. The van der Waals surface area contributed by atoms with E-state index in [1.165, 1.54) is 18.6 Å². The van der Waals surface area contributed by atoms with E-state index in [0.717, 1.165) is 62.6 Å². The minimum absolute atomic E-state index is 0.177. The van der Waals surface area contributed by atoms with Gasteiger partial charge in [-0.25, -0.2) is 4.39 Å². The van der Waals surface area contributed by atoms with E-state index in [1.54, 1.807) is 0 Å². The fourth-order valence-electron chi connectivity index (χ4n) is 5.52. The molecule has 0 aliphatic carbocycles. The van der Waals surface area contributed by atoms with Crippen molar-refractivity contribution in [1.29, 1.82) is 0 Å². The molecule has 1 aromatic carbocycles. The molecule has 3 aliphatic rings. The number of morpholine rings is 1. The smallest absolute Gasteiger partial charge is 0.232 e. The lowest BCUT2D eigenvalue weighted by Gasteiger charge is -2.38. The molecule has 0 amide bonds. The highest BCUT2D eigenvalue weighted by molar-refractivity contribution is 7.80. The van der Waals surface area contributed by atoms with Gasteiger partial charge in [0.2, 0.25) is 5.95 Å². The van der Waals surface area contributed by atoms with Gasteiger partial charge in [0.1, 0.15) is 17.5 Å². The number of thiocarbonyl (C=S) groups is 1. The van der Waals surface area contributed by atoms with Crippen LogP contribution in [0.4, 0.5) is 22.0 Å². The molecule has 1 aromatic heterocycles. The zero-order valence-electron chi connectivity index (χ0n) is 21.5. The quantitative estimate of drug-likeness (QED) is 0.546. The lowest BCUT2D eigenvalue weighted by Crippen LogP contribution is -2.45. The van der Waals surface area contributed by atoms with Crippen LogP contribution in [0, 0.1) is 11.7 Å². The van der Waals surface area contributed by atoms with Crippen molar-refractivity contribution in [1.82, 2.24) is 15.3 Å². The van der Waals surface area contributed by atoms with Crippen molar-refractivity contribution >= 4 is 34.9 Å². The van der Waals surface area contributed by atoms with Crippen LogP contribution in [0.3, 0.4) is 0 Å². The monoisotopic (exact) mass is 528 g/mol. The summed E-state index contributed by atoms with van der Waals surface area (Å²) in [5, 5.41) is 7.13. The Morgan fingerprint density at radius 3 is 2.41 bits per heavy atom. The Bertz CT molecular complexity index is 1060. The fourth-order valence-corrected chi connectivity index (χ4v) is 5.68. The Kier molecular flexibility index (Phi) is 8.36. The molecule has 0 spiro atoms. The van der Waals surface area contributed by atoms with E-state index < -0.39 is 0 Å². The molecule has 2 N–H and O–H groups in total. The number of rotatable bonds is 6. The van der Waals surface area contributed by atoms with Crippen LogP contribution >= 0.6 is 12.2 Å². The van der Waals surface area contributed by atoms with E-state index in [2.05, 4.69) is 33.4 Å². The van der Waals surface area contributed by atoms with E-state index in [9.17, 15) is 4.39 Å². The molecule has 8 nitrogen and oxygen atoms in total. The summed E-state index contributed by atoms with van der Waals surface area (Å²) in [6.45, 7) is 9.22.